The number of primary amides is 1. The molecule has 0 radical (unpaired) electrons. The van der Waals surface area contributed by atoms with Crippen LogP contribution in [0.5, 0.6) is 5.88 Å². The number of pyridine rings is 2. The Bertz CT molecular complexity index is 1110. The zero-order valence-electron chi connectivity index (χ0n) is 17.8. The summed E-state index contributed by atoms with van der Waals surface area (Å²) in [7, 11) is 1.55. The van der Waals surface area contributed by atoms with Crippen LogP contribution in [0.15, 0.2) is 35.4 Å². The van der Waals surface area contributed by atoms with Crippen LogP contribution in [-0.4, -0.2) is 51.8 Å². The monoisotopic (exact) mass is 426 g/mol. The highest BCUT2D eigenvalue weighted by atomic mass is 16.5. The molecule has 3 rings (SSSR count). The van der Waals surface area contributed by atoms with Crippen molar-refractivity contribution in [3.8, 4) is 17.1 Å². The quantitative estimate of drug-likeness (QED) is 0.467. The number of carbonyl (C=O) groups excluding carboxylic acids is 1. The molecule has 0 saturated carbocycles. The van der Waals surface area contributed by atoms with Gasteiger partial charge in [0.1, 0.15) is 11.6 Å². The number of ether oxygens (including phenoxy) is 2. The number of amides is 1. The Kier molecular flexibility index (Phi) is 7.14. The Morgan fingerprint density at radius 1 is 1.26 bits per heavy atom. The SMILES string of the molecule is CCCOCCn1c(=O)c(NC(C)C(N)=O)nc2cnc(-c3ccc(OC)nc3)cc21. The lowest BCUT2D eigenvalue weighted by atomic mass is 10.2. The fraction of sp³-hybridized carbons (Fsp3) is 0.381. The second kappa shape index (κ2) is 9.98. The van der Waals surface area contributed by atoms with Crippen molar-refractivity contribution in [2.24, 2.45) is 5.73 Å². The summed E-state index contributed by atoms with van der Waals surface area (Å²) in [6.45, 7) is 4.87. The molecule has 0 fully saturated rings. The van der Waals surface area contributed by atoms with Gasteiger partial charge in [-0.15, -0.1) is 0 Å². The molecule has 0 aliphatic rings. The Hall–Kier alpha value is -3.53. The van der Waals surface area contributed by atoms with E-state index in [4.69, 9.17) is 15.2 Å². The highest BCUT2D eigenvalue weighted by Gasteiger charge is 2.17. The third-order valence-electron chi connectivity index (χ3n) is 4.66. The van der Waals surface area contributed by atoms with E-state index in [1.165, 1.54) is 0 Å². The number of anilines is 1. The van der Waals surface area contributed by atoms with Crippen LogP contribution in [0.1, 0.15) is 20.3 Å². The number of hydrogen-bond acceptors (Lipinski definition) is 8. The van der Waals surface area contributed by atoms with Gasteiger partial charge in [-0.1, -0.05) is 6.92 Å². The number of nitrogens with one attached hydrogen (secondary N) is 1. The maximum absolute atomic E-state index is 13.1. The minimum Gasteiger partial charge on any atom is -0.481 e. The summed E-state index contributed by atoms with van der Waals surface area (Å²) in [6.07, 6.45) is 4.11. The van der Waals surface area contributed by atoms with Crippen LogP contribution < -0.4 is 21.3 Å². The molecule has 0 aliphatic carbocycles. The van der Waals surface area contributed by atoms with Crippen LogP contribution in [-0.2, 0) is 16.1 Å². The van der Waals surface area contributed by atoms with Crippen molar-refractivity contribution in [1.29, 1.82) is 0 Å². The van der Waals surface area contributed by atoms with Crippen LogP contribution >= 0.6 is 0 Å². The van der Waals surface area contributed by atoms with Gasteiger partial charge in [-0.3, -0.25) is 14.6 Å². The minimum absolute atomic E-state index is 0.0370. The third-order valence-corrected chi connectivity index (χ3v) is 4.66. The average Bonchev–Trinajstić information content (AvgIpc) is 2.78. The number of carbonyl (C=O) groups is 1. The maximum Gasteiger partial charge on any atom is 0.293 e. The molecular formula is C21H26N6O4. The molecule has 31 heavy (non-hydrogen) atoms. The van der Waals surface area contributed by atoms with E-state index in [1.54, 1.807) is 43.1 Å². The van der Waals surface area contributed by atoms with Gasteiger partial charge in [0.05, 0.1) is 31.1 Å². The molecule has 10 heteroatoms. The van der Waals surface area contributed by atoms with E-state index in [0.29, 0.717) is 42.4 Å². The van der Waals surface area contributed by atoms with Gasteiger partial charge in [-0.25, -0.2) is 9.97 Å². The Labute approximate surface area is 179 Å². The Balaban J connectivity index is 2.07. The third kappa shape index (κ3) is 5.15. The molecule has 10 nitrogen and oxygen atoms in total. The van der Waals surface area contributed by atoms with Crippen LogP contribution in [0.25, 0.3) is 22.3 Å². The molecule has 164 valence electrons. The second-order valence-corrected chi connectivity index (χ2v) is 6.95. The van der Waals surface area contributed by atoms with Gasteiger partial charge in [0.15, 0.2) is 5.82 Å². The first-order valence-electron chi connectivity index (χ1n) is 9.99. The highest BCUT2D eigenvalue weighted by molar-refractivity contribution is 5.83. The first-order valence-corrected chi connectivity index (χ1v) is 9.99. The number of aromatic nitrogens is 4. The van der Waals surface area contributed by atoms with Gasteiger partial charge in [-0.2, -0.15) is 0 Å². The van der Waals surface area contributed by atoms with Crippen LogP contribution in [0.3, 0.4) is 0 Å². The summed E-state index contributed by atoms with van der Waals surface area (Å²) < 4.78 is 12.2. The maximum atomic E-state index is 13.1. The molecule has 3 heterocycles. The predicted molar refractivity (Wildman–Crippen MR) is 117 cm³/mol. The van der Waals surface area contributed by atoms with Gasteiger partial charge in [-0.05, 0) is 25.5 Å². The van der Waals surface area contributed by atoms with Crippen LogP contribution in [0, 0.1) is 0 Å². The smallest absolute Gasteiger partial charge is 0.293 e. The normalized spacial score (nSPS) is 12.0. The molecule has 3 aromatic rings. The van der Waals surface area contributed by atoms with Crippen molar-refractivity contribution in [1.82, 2.24) is 19.5 Å². The first-order chi connectivity index (χ1) is 14.9. The molecule has 0 saturated heterocycles. The van der Waals surface area contributed by atoms with E-state index < -0.39 is 11.9 Å². The number of rotatable bonds is 10. The van der Waals surface area contributed by atoms with Crippen molar-refractivity contribution in [2.75, 3.05) is 25.6 Å². The minimum atomic E-state index is -0.750. The van der Waals surface area contributed by atoms with Gasteiger partial charge in [0, 0.05) is 31.0 Å². The van der Waals surface area contributed by atoms with Gasteiger partial charge < -0.3 is 25.1 Å². The number of nitrogens with zero attached hydrogens (tertiary/aromatic N) is 4. The van der Waals surface area contributed by atoms with Gasteiger partial charge in [0.2, 0.25) is 11.8 Å². The number of fused-ring (bicyclic) bond motifs is 1. The summed E-state index contributed by atoms with van der Waals surface area (Å²) in [6, 6.07) is 4.61. The average molecular weight is 426 g/mol. The molecule has 1 amide bonds. The fourth-order valence-electron chi connectivity index (χ4n) is 2.95. The molecular weight excluding hydrogens is 400 g/mol. The molecule has 0 bridgehead atoms. The molecule has 1 unspecified atom stereocenters. The van der Waals surface area contributed by atoms with E-state index in [1.807, 2.05) is 13.0 Å². The molecule has 3 N–H and O–H groups in total. The zero-order valence-corrected chi connectivity index (χ0v) is 17.8. The second-order valence-electron chi connectivity index (χ2n) is 6.95. The summed E-state index contributed by atoms with van der Waals surface area (Å²) in [4.78, 5) is 37.6. The molecule has 3 aromatic heterocycles. The van der Waals surface area contributed by atoms with Crippen molar-refractivity contribution >= 4 is 22.8 Å². The van der Waals surface area contributed by atoms with Gasteiger partial charge in [0.25, 0.3) is 5.56 Å². The van der Waals surface area contributed by atoms with Crippen molar-refractivity contribution in [3.05, 3.63) is 40.9 Å². The standard InChI is InChI=1S/C21H26N6O4/c1-4-8-31-9-7-27-17-10-15(14-5-6-18(30-3)24-11-14)23-12-16(17)26-20(21(27)29)25-13(2)19(22)28/h5-6,10-13H,4,7-9H2,1-3H3,(H2,22,28)(H,25,26). The largest absolute Gasteiger partial charge is 0.481 e. The number of methoxy groups -OCH3 is 1. The van der Waals surface area contributed by atoms with E-state index in [0.717, 1.165) is 12.0 Å². The lowest BCUT2D eigenvalue weighted by Gasteiger charge is -2.16. The highest BCUT2D eigenvalue weighted by Crippen LogP contribution is 2.22. The number of hydrogen-bond donors (Lipinski definition) is 2. The van der Waals surface area contributed by atoms with Crippen molar-refractivity contribution in [3.63, 3.8) is 0 Å². The van der Waals surface area contributed by atoms with Crippen LogP contribution in [0.2, 0.25) is 0 Å². The van der Waals surface area contributed by atoms with Crippen molar-refractivity contribution < 1.29 is 14.3 Å². The van der Waals surface area contributed by atoms with E-state index >= 15 is 0 Å². The zero-order chi connectivity index (χ0) is 22.4. The van der Waals surface area contributed by atoms with Crippen molar-refractivity contribution in [2.45, 2.75) is 32.9 Å². The lowest BCUT2D eigenvalue weighted by molar-refractivity contribution is -0.118. The fourth-order valence-corrected chi connectivity index (χ4v) is 2.95. The van der Waals surface area contributed by atoms with E-state index in [2.05, 4.69) is 20.3 Å². The Morgan fingerprint density at radius 2 is 2.06 bits per heavy atom. The molecule has 1 atom stereocenters. The molecule has 0 aromatic carbocycles. The summed E-state index contributed by atoms with van der Waals surface area (Å²) >= 11 is 0. The molecule has 0 spiro atoms. The van der Waals surface area contributed by atoms with Gasteiger partial charge >= 0.3 is 0 Å². The first kappa shape index (κ1) is 22.2. The topological polar surface area (TPSA) is 134 Å². The van der Waals surface area contributed by atoms with E-state index in [9.17, 15) is 9.59 Å². The summed E-state index contributed by atoms with van der Waals surface area (Å²) in [5, 5.41) is 2.79. The lowest BCUT2D eigenvalue weighted by Crippen LogP contribution is -2.36. The number of nitrogens with two attached hydrogens (primary N) is 1. The van der Waals surface area contributed by atoms with Crippen LogP contribution in [0.4, 0.5) is 5.82 Å². The summed E-state index contributed by atoms with van der Waals surface area (Å²) in [5.74, 6) is -0.0509. The summed E-state index contributed by atoms with van der Waals surface area (Å²) in [5.41, 5.74) is 7.46. The predicted octanol–water partition coefficient (Wildman–Crippen LogP) is 1.57. The molecule has 0 aliphatic heterocycles. The Morgan fingerprint density at radius 3 is 2.71 bits per heavy atom. The van der Waals surface area contributed by atoms with E-state index in [-0.39, 0.29) is 11.4 Å².